The maximum Gasteiger partial charge on any atom is 0.425 e. The summed E-state index contributed by atoms with van der Waals surface area (Å²) >= 11 is 0. The second-order valence-electron chi connectivity index (χ2n) is 6.71. The van der Waals surface area contributed by atoms with Crippen molar-refractivity contribution < 1.29 is 23.1 Å². The number of amides is 1. The van der Waals surface area contributed by atoms with Gasteiger partial charge in [-0.2, -0.15) is 13.2 Å². The van der Waals surface area contributed by atoms with Crippen molar-refractivity contribution in [1.29, 1.82) is 0 Å². The van der Waals surface area contributed by atoms with Crippen LogP contribution in [-0.2, 0) is 24.0 Å². The maximum absolute atomic E-state index is 13.5. The number of hydrogen-bond donors (Lipinski definition) is 1. The number of aryl methyl sites for hydroxylation is 1. The molecule has 1 aromatic heterocycles. The van der Waals surface area contributed by atoms with Crippen LogP contribution >= 0.6 is 0 Å². The Labute approximate surface area is 155 Å². The molecule has 1 atom stereocenters. The molecule has 0 aliphatic heterocycles. The van der Waals surface area contributed by atoms with Crippen molar-refractivity contribution >= 4 is 11.6 Å². The number of alkyl halides is 3. The van der Waals surface area contributed by atoms with Gasteiger partial charge in [-0.15, -0.1) is 0 Å². The number of nitrogens with zero attached hydrogens (tertiary/aromatic N) is 4. The Bertz CT molecular complexity index is 787. The van der Waals surface area contributed by atoms with Gasteiger partial charge in [0.25, 0.3) is 0 Å². The van der Waals surface area contributed by atoms with Crippen molar-refractivity contribution in [2.24, 2.45) is 7.05 Å². The SMILES string of the molecule is CN(Cc1ccc(N(C)C)cc1)C(=O)CC(O)(c1nccn1C)C(F)(F)F. The van der Waals surface area contributed by atoms with Crippen molar-refractivity contribution in [3.8, 4) is 0 Å². The fourth-order valence-corrected chi connectivity index (χ4v) is 2.69. The third-order valence-electron chi connectivity index (χ3n) is 4.37. The largest absolute Gasteiger partial charge is 0.425 e. The molecule has 0 bridgehead atoms. The lowest BCUT2D eigenvalue weighted by molar-refractivity contribution is -0.271. The molecule has 1 unspecified atom stereocenters. The molecule has 0 fully saturated rings. The second kappa shape index (κ2) is 7.59. The van der Waals surface area contributed by atoms with E-state index in [1.54, 1.807) is 12.1 Å². The third kappa shape index (κ3) is 4.41. The smallest absolute Gasteiger partial charge is 0.378 e. The number of halogens is 3. The highest BCUT2D eigenvalue weighted by Gasteiger charge is 2.58. The summed E-state index contributed by atoms with van der Waals surface area (Å²) < 4.78 is 41.7. The van der Waals surface area contributed by atoms with E-state index < -0.39 is 29.9 Å². The fraction of sp³-hybridized carbons (Fsp3) is 0.444. The van der Waals surface area contributed by atoms with Crippen LogP contribution in [0.5, 0.6) is 0 Å². The van der Waals surface area contributed by atoms with Gasteiger partial charge < -0.3 is 19.5 Å². The minimum Gasteiger partial charge on any atom is -0.378 e. The topological polar surface area (TPSA) is 61.6 Å². The van der Waals surface area contributed by atoms with Crippen molar-refractivity contribution in [2.45, 2.75) is 24.7 Å². The van der Waals surface area contributed by atoms with Crippen molar-refractivity contribution in [2.75, 3.05) is 26.0 Å². The molecule has 2 aromatic rings. The van der Waals surface area contributed by atoms with Gasteiger partial charge in [-0.05, 0) is 17.7 Å². The van der Waals surface area contributed by atoms with E-state index in [-0.39, 0.29) is 6.54 Å². The molecular formula is C18H23F3N4O2. The van der Waals surface area contributed by atoms with E-state index in [2.05, 4.69) is 4.98 Å². The summed E-state index contributed by atoms with van der Waals surface area (Å²) in [4.78, 5) is 19.1. The first-order valence-corrected chi connectivity index (χ1v) is 8.23. The Kier molecular flexibility index (Phi) is 5.84. The standard InChI is InChI=1S/C18H23F3N4O2/c1-23(2)14-7-5-13(6-8-14)12-25(4)15(26)11-17(27,18(19,20)21)16-22-9-10-24(16)3/h5-10,27H,11-12H2,1-4H3. The van der Waals surface area contributed by atoms with Crippen molar-refractivity contribution in [3.05, 3.63) is 48.0 Å². The summed E-state index contributed by atoms with van der Waals surface area (Å²) in [7, 11) is 6.51. The van der Waals surface area contributed by atoms with Gasteiger partial charge in [0.1, 0.15) is 0 Å². The Morgan fingerprint density at radius 3 is 2.22 bits per heavy atom. The lowest BCUT2D eigenvalue weighted by atomic mass is 9.96. The zero-order chi connectivity index (χ0) is 20.4. The number of anilines is 1. The molecule has 0 saturated heterocycles. The molecule has 6 nitrogen and oxygen atoms in total. The second-order valence-corrected chi connectivity index (χ2v) is 6.71. The van der Waals surface area contributed by atoms with Crippen LogP contribution in [0, 0.1) is 0 Å². The monoisotopic (exact) mass is 384 g/mol. The molecule has 0 spiro atoms. The van der Waals surface area contributed by atoms with Crippen molar-refractivity contribution in [1.82, 2.24) is 14.5 Å². The van der Waals surface area contributed by atoms with Gasteiger partial charge in [-0.1, -0.05) is 12.1 Å². The van der Waals surface area contributed by atoms with E-state index in [0.29, 0.717) is 0 Å². The molecule has 2 rings (SSSR count). The lowest BCUT2D eigenvalue weighted by Crippen LogP contribution is -2.48. The molecule has 148 valence electrons. The number of carbonyl (C=O) groups excluding carboxylic acids is 1. The maximum atomic E-state index is 13.5. The van der Waals surface area contributed by atoms with Crippen LogP contribution in [0.3, 0.4) is 0 Å². The average Bonchev–Trinajstić information content (AvgIpc) is 3.00. The van der Waals surface area contributed by atoms with E-state index in [9.17, 15) is 23.1 Å². The first-order valence-electron chi connectivity index (χ1n) is 8.23. The van der Waals surface area contributed by atoms with E-state index in [4.69, 9.17) is 0 Å². The van der Waals surface area contributed by atoms with Crippen LogP contribution in [0.4, 0.5) is 18.9 Å². The van der Waals surface area contributed by atoms with Gasteiger partial charge in [0.05, 0.1) is 6.42 Å². The van der Waals surface area contributed by atoms with Crippen LogP contribution in [0.2, 0.25) is 0 Å². The fourth-order valence-electron chi connectivity index (χ4n) is 2.69. The Hall–Kier alpha value is -2.55. The van der Waals surface area contributed by atoms with E-state index in [1.165, 1.54) is 20.3 Å². The molecule has 1 N–H and O–H groups in total. The number of hydrogen-bond acceptors (Lipinski definition) is 4. The summed E-state index contributed by atoms with van der Waals surface area (Å²) in [6, 6.07) is 7.31. The first-order chi connectivity index (χ1) is 12.5. The van der Waals surface area contributed by atoms with Crippen LogP contribution < -0.4 is 4.90 Å². The number of aliphatic hydroxyl groups is 1. The molecule has 0 radical (unpaired) electrons. The van der Waals surface area contributed by atoms with Gasteiger partial charge in [0, 0.05) is 52.8 Å². The minimum absolute atomic E-state index is 0.126. The Balaban J connectivity index is 2.16. The van der Waals surface area contributed by atoms with Gasteiger partial charge in [0.2, 0.25) is 11.5 Å². The molecule has 1 aromatic carbocycles. The van der Waals surface area contributed by atoms with Crippen LogP contribution in [0.1, 0.15) is 17.8 Å². The Morgan fingerprint density at radius 1 is 1.19 bits per heavy atom. The normalized spacial score (nSPS) is 13.9. The molecular weight excluding hydrogens is 361 g/mol. The number of imidazole rings is 1. The molecule has 9 heteroatoms. The predicted molar refractivity (Wildman–Crippen MR) is 95.0 cm³/mol. The number of benzene rings is 1. The molecule has 1 amide bonds. The zero-order valence-corrected chi connectivity index (χ0v) is 15.7. The third-order valence-corrected chi connectivity index (χ3v) is 4.37. The zero-order valence-electron chi connectivity index (χ0n) is 15.7. The number of aromatic nitrogens is 2. The minimum atomic E-state index is -5.05. The molecule has 0 saturated carbocycles. The molecule has 0 aliphatic carbocycles. The van der Waals surface area contributed by atoms with Crippen LogP contribution in [0.15, 0.2) is 36.7 Å². The van der Waals surface area contributed by atoms with E-state index in [1.807, 2.05) is 31.1 Å². The lowest BCUT2D eigenvalue weighted by Gasteiger charge is -2.31. The molecule has 0 aliphatic rings. The van der Waals surface area contributed by atoms with Gasteiger partial charge >= 0.3 is 6.18 Å². The summed E-state index contributed by atoms with van der Waals surface area (Å²) in [5.41, 5.74) is -1.62. The highest BCUT2D eigenvalue weighted by atomic mass is 19.4. The average molecular weight is 384 g/mol. The number of rotatable bonds is 6. The van der Waals surface area contributed by atoms with E-state index >= 15 is 0 Å². The summed E-state index contributed by atoms with van der Waals surface area (Å²) in [5.74, 6) is -1.46. The van der Waals surface area contributed by atoms with Crippen molar-refractivity contribution in [3.63, 3.8) is 0 Å². The quantitative estimate of drug-likeness (QED) is 0.830. The molecule has 27 heavy (non-hydrogen) atoms. The first kappa shape index (κ1) is 20.8. The highest BCUT2D eigenvalue weighted by Crippen LogP contribution is 2.41. The van der Waals surface area contributed by atoms with Crippen LogP contribution in [-0.4, -0.2) is 52.8 Å². The number of carbonyl (C=O) groups is 1. The Morgan fingerprint density at radius 2 is 1.78 bits per heavy atom. The summed E-state index contributed by atoms with van der Waals surface area (Å²) in [6.07, 6.45) is -3.76. The van der Waals surface area contributed by atoms with Gasteiger partial charge in [-0.3, -0.25) is 4.79 Å². The predicted octanol–water partition coefficient (Wildman–Crippen LogP) is 2.28. The van der Waals surface area contributed by atoms with Gasteiger partial charge in [-0.25, -0.2) is 4.98 Å². The van der Waals surface area contributed by atoms with Gasteiger partial charge in [0.15, 0.2) is 5.82 Å². The highest BCUT2D eigenvalue weighted by molar-refractivity contribution is 5.77. The van der Waals surface area contributed by atoms with E-state index in [0.717, 1.165) is 26.9 Å². The molecule has 1 heterocycles. The summed E-state index contributed by atoms with van der Waals surface area (Å²) in [5, 5.41) is 10.3. The summed E-state index contributed by atoms with van der Waals surface area (Å²) in [6.45, 7) is 0.126. The van der Waals surface area contributed by atoms with Crippen LogP contribution in [0.25, 0.3) is 0 Å².